The topological polar surface area (TPSA) is 52.3 Å². The lowest BCUT2D eigenvalue weighted by Crippen LogP contribution is -2.01. The van der Waals surface area contributed by atoms with Crippen LogP contribution < -0.4 is 10.5 Å². The highest BCUT2D eigenvalue weighted by molar-refractivity contribution is 5.96. The van der Waals surface area contributed by atoms with Crippen molar-refractivity contribution >= 4 is 5.78 Å². The van der Waals surface area contributed by atoms with Crippen LogP contribution in [0.3, 0.4) is 0 Å². The summed E-state index contributed by atoms with van der Waals surface area (Å²) in [6.07, 6.45) is 3.54. The third kappa shape index (κ3) is 4.03. The molecule has 0 radical (unpaired) electrons. The number of hydrogen-bond donors (Lipinski definition) is 1. The molecule has 1 aromatic carbocycles. The molecule has 0 spiro atoms. The van der Waals surface area contributed by atoms with Crippen LogP contribution in [0.4, 0.5) is 0 Å². The Kier molecular flexibility index (Phi) is 5.57. The third-order valence-corrected chi connectivity index (χ3v) is 2.52. The predicted molar refractivity (Wildman–Crippen MR) is 64.8 cm³/mol. The number of rotatable bonds is 7. The summed E-state index contributed by atoms with van der Waals surface area (Å²) in [5.41, 5.74) is 6.15. The van der Waals surface area contributed by atoms with Gasteiger partial charge in [0.1, 0.15) is 5.75 Å². The number of methoxy groups -OCH3 is 1. The Bertz CT molecular complexity index is 319. The van der Waals surface area contributed by atoms with E-state index >= 15 is 0 Å². The van der Waals surface area contributed by atoms with Crippen LogP contribution in [0, 0.1) is 0 Å². The van der Waals surface area contributed by atoms with E-state index in [0.29, 0.717) is 13.0 Å². The maximum Gasteiger partial charge on any atom is 0.162 e. The quantitative estimate of drug-likeness (QED) is 0.568. The number of carbonyl (C=O) groups excluding carboxylic acids is 1. The van der Waals surface area contributed by atoms with Crippen molar-refractivity contribution in [3.63, 3.8) is 0 Å². The van der Waals surface area contributed by atoms with Gasteiger partial charge in [0.2, 0.25) is 0 Å². The average molecular weight is 221 g/mol. The van der Waals surface area contributed by atoms with E-state index in [-0.39, 0.29) is 5.78 Å². The molecule has 0 fully saturated rings. The molecule has 0 aliphatic carbocycles. The molecular weight excluding hydrogens is 202 g/mol. The van der Waals surface area contributed by atoms with Crippen LogP contribution in [0.2, 0.25) is 0 Å². The molecule has 0 amide bonds. The van der Waals surface area contributed by atoms with Crippen molar-refractivity contribution in [3.05, 3.63) is 29.8 Å². The Labute approximate surface area is 96.6 Å². The molecule has 1 aromatic rings. The largest absolute Gasteiger partial charge is 0.497 e. The molecule has 0 aromatic heterocycles. The van der Waals surface area contributed by atoms with Crippen LogP contribution in [0.15, 0.2) is 24.3 Å². The number of hydrogen-bond acceptors (Lipinski definition) is 3. The van der Waals surface area contributed by atoms with E-state index in [0.717, 1.165) is 30.6 Å². The Balaban J connectivity index is 2.40. The monoisotopic (exact) mass is 221 g/mol. The zero-order chi connectivity index (χ0) is 11.8. The van der Waals surface area contributed by atoms with Crippen LogP contribution in [0.1, 0.15) is 36.0 Å². The van der Waals surface area contributed by atoms with Gasteiger partial charge in [-0.05, 0) is 43.7 Å². The van der Waals surface area contributed by atoms with E-state index in [2.05, 4.69) is 0 Å². The van der Waals surface area contributed by atoms with E-state index in [9.17, 15) is 4.79 Å². The molecule has 2 N–H and O–H groups in total. The van der Waals surface area contributed by atoms with Gasteiger partial charge in [-0.15, -0.1) is 0 Å². The van der Waals surface area contributed by atoms with Crippen molar-refractivity contribution in [3.8, 4) is 5.75 Å². The fourth-order valence-electron chi connectivity index (χ4n) is 1.53. The summed E-state index contributed by atoms with van der Waals surface area (Å²) in [6, 6.07) is 7.24. The van der Waals surface area contributed by atoms with Crippen molar-refractivity contribution in [2.75, 3.05) is 13.7 Å². The van der Waals surface area contributed by atoms with Gasteiger partial charge in [-0.3, -0.25) is 4.79 Å². The maximum absolute atomic E-state index is 11.7. The standard InChI is InChI=1S/C13H19NO2/c1-16-12-8-6-11(7-9-12)13(15)5-3-2-4-10-14/h6-9H,2-5,10,14H2,1H3. The van der Waals surface area contributed by atoms with E-state index in [1.54, 1.807) is 7.11 Å². The van der Waals surface area contributed by atoms with Gasteiger partial charge in [-0.25, -0.2) is 0 Å². The molecule has 88 valence electrons. The first-order valence-electron chi connectivity index (χ1n) is 5.65. The highest BCUT2D eigenvalue weighted by atomic mass is 16.5. The molecule has 0 saturated carbocycles. The van der Waals surface area contributed by atoms with E-state index in [1.807, 2.05) is 24.3 Å². The van der Waals surface area contributed by atoms with E-state index < -0.39 is 0 Å². The number of Topliss-reactive ketones (excluding diaryl/α,β-unsaturated/α-hetero) is 1. The number of nitrogens with two attached hydrogens (primary N) is 1. The number of benzene rings is 1. The molecule has 0 aliphatic rings. The Morgan fingerprint density at radius 3 is 2.44 bits per heavy atom. The summed E-state index contributed by atoms with van der Waals surface area (Å²) < 4.78 is 5.04. The van der Waals surface area contributed by atoms with Crippen LogP contribution >= 0.6 is 0 Å². The highest BCUT2D eigenvalue weighted by Crippen LogP contribution is 2.13. The SMILES string of the molecule is COc1ccc(C(=O)CCCCCN)cc1. The fraction of sp³-hybridized carbons (Fsp3) is 0.462. The molecule has 0 saturated heterocycles. The van der Waals surface area contributed by atoms with E-state index in [4.69, 9.17) is 10.5 Å². The number of unbranched alkanes of at least 4 members (excludes halogenated alkanes) is 2. The van der Waals surface area contributed by atoms with Crippen molar-refractivity contribution in [2.24, 2.45) is 5.73 Å². The van der Waals surface area contributed by atoms with Gasteiger partial charge in [0.25, 0.3) is 0 Å². The second-order valence-electron chi connectivity index (χ2n) is 3.75. The number of ketones is 1. The van der Waals surface area contributed by atoms with E-state index in [1.165, 1.54) is 0 Å². The number of ether oxygens (including phenoxy) is 1. The summed E-state index contributed by atoms with van der Waals surface area (Å²) in [5, 5.41) is 0. The average Bonchev–Trinajstić information content (AvgIpc) is 2.34. The molecule has 3 nitrogen and oxygen atoms in total. The summed E-state index contributed by atoms with van der Waals surface area (Å²) in [6.45, 7) is 0.705. The second-order valence-corrected chi connectivity index (χ2v) is 3.75. The van der Waals surface area contributed by atoms with Crippen molar-refractivity contribution in [1.29, 1.82) is 0 Å². The minimum Gasteiger partial charge on any atom is -0.497 e. The van der Waals surface area contributed by atoms with Crippen LogP contribution in [-0.4, -0.2) is 19.4 Å². The van der Waals surface area contributed by atoms with Gasteiger partial charge in [-0.2, -0.15) is 0 Å². The van der Waals surface area contributed by atoms with Crippen molar-refractivity contribution in [1.82, 2.24) is 0 Å². The van der Waals surface area contributed by atoms with Crippen molar-refractivity contribution < 1.29 is 9.53 Å². The predicted octanol–water partition coefficient (Wildman–Crippen LogP) is 2.40. The molecule has 0 bridgehead atoms. The Morgan fingerprint density at radius 1 is 1.19 bits per heavy atom. The molecule has 16 heavy (non-hydrogen) atoms. The molecule has 1 rings (SSSR count). The zero-order valence-electron chi connectivity index (χ0n) is 9.74. The summed E-state index contributed by atoms with van der Waals surface area (Å²) >= 11 is 0. The lowest BCUT2D eigenvalue weighted by atomic mass is 10.0. The second kappa shape index (κ2) is 7.01. The summed E-state index contributed by atoms with van der Waals surface area (Å²) in [7, 11) is 1.61. The summed E-state index contributed by atoms with van der Waals surface area (Å²) in [5.74, 6) is 0.972. The zero-order valence-corrected chi connectivity index (χ0v) is 9.74. The minimum atomic E-state index is 0.194. The molecule has 0 heterocycles. The number of carbonyl (C=O) groups is 1. The smallest absolute Gasteiger partial charge is 0.162 e. The summed E-state index contributed by atoms with van der Waals surface area (Å²) in [4.78, 5) is 11.7. The molecule has 0 unspecified atom stereocenters. The fourth-order valence-corrected chi connectivity index (χ4v) is 1.53. The van der Waals surface area contributed by atoms with Gasteiger partial charge in [-0.1, -0.05) is 6.42 Å². The third-order valence-electron chi connectivity index (χ3n) is 2.52. The maximum atomic E-state index is 11.7. The van der Waals surface area contributed by atoms with Crippen LogP contribution in [-0.2, 0) is 0 Å². The molecule has 0 aliphatic heterocycles. The van der Waals surface area contributed by atoms with Gasteiger partial charge in [0.15, 0.2) is 5.78 Å². The van der Waals surface area contributed by atoms with Gasteiger partial charge >= 0.3 is 0 Å². The first kappa shape index (κ1) is 12.7. The van der Waals surface area contributed by atoms with Crippen LogP contribution in [0.5, 0.6) is 5.75 Å². The first-order chi connectivity index (χ1) is 7.77. The minimum absolute atomic E-state index is 0.194. The van der Waals surface area contributed by atoms with Gasteiger partial charge in [0, 0.05) is 12.0 Å². The Morgan fingerprint density at radius 2 is 1.88 bits per heavy atom. The van der Waals surface area contributed by atoms with Crippen molar-refractivity contribution in [2.45, 2.75) is 25.7 Å². The Hall–Kier alpha value is -1.35. The molecular formula is C13H19NO2. The normalized spacial score (nSPS) is 10.1. The molecule has 0 atom stereocenters. The lowest BCUT2D eigenvalue weighted by Gasteiger charge is -2.03. The van der Waals surface area contributed by atoms with Gasteiger partial charge < -0.3 is 10.5 Å². The van der Waals surface area contributed by atoms with Gasteiger partial charge in [0.05, 0.1) is 7.11 Å². The lowest BCUT2D eigenvalue weighted by molar-refractivity contribution is 0.0979. The van der Waals surface area contributed by atoms with Crippen LogP contribution in [0.25, 0.3) is 0 Å². The first-order valence-corrected chi connectivity index (χ1v) is 5.65. The molecule has 3 heteroatoms. The highest BCUT2D eigenvalue weighted by Gasteiger charge is 2.05.